The van der Waals surface area contributed by atoms with E-state index < -0.39 is 32.5 Å². The van der Waals surface area contributed by atoms with Crippen molar-refractivity contribution < 1.29 is 27.4 Å². The average Bonchev–Trinajstić information content (AvgIpc) is 2.78. The van der Waals surface area contributed by atoms with Crippen molar-refractivity contribution in [3.05, 3.63) is 71.0 Å². The fourth-order valence-electron chi connectivity index (χ4n) is 4.84. The first kappa shape index (κ1) is 22.9. The van der Waals surface area contributed by atoms with Crippen molar-refractivity contribution in [1.82, 2.24) is 4.31 Å². The van der Waals surface area contributed by atoms with Crippen LogP contribution in [0.3, 0.4) is 0 Å². The quantitative estimate of drug-likeness (QED) is 0.727. The van der Waals surface area contributed by atoms with Gasteiger partial charge < -0.3 is 9.84 Å². The van der Waals surface area contributed by atoms with Crippen molar-refractivity contribution in [2.24, 2.45) is 0 Å². The maximum Gasteiger partial charge on any atom is 0.314 e. The maximum absolute atomic E-state index is 15.1. The molecule has 2 aliphatic rings. The molecule has 2 saturated heterocycles. The molecule has 0 unspecified atom stereocenters. The molecule has 0 aliphatic carbocycles. The fraction of sp³-hybridized carbons (Fsp3) is 0.458. The van der Waals surface area contributed by atoms with Gasteiger partial charge in [-0.1, -0.05) is 42.5 Å². The molecule has 172 valence electrons. The SMILES string of the molecule is C[C@H]1CC[C@H](c2ccccc2)S(=O)(=O)N1Cc1ccc(C2(C(=O)O)CCOCC2)cc1F. The highest BCUT2D eigenvalue weighted by atomic mass is 32.2. The Morgan fingerprint density at radius 2 is 1.84 bits per heavy atom. The highest BCUT2D eigenvalue weighted by Gasteiger charge is 2.43. The van der Waals surface area contributed by atoms with Gasteiger partial charge >= 0.3 is 5.97 Å². The van der Waals surface area contributed by atoms with E-state index >= 15 is 4.39 Å². The molecule has 6 nitrogen and oxygen atoms in total. The standard InChI is InChI=1S/C24H28FNO5S/c1-17-7-10-22(18-5-3-2-4-6-18)32(29,30)26(17)16-19-8-9-20(15-21(19)25)24(23(27)28)11-13-31-14-12-24/h2-6,8-9,15,17,22H,7,10-14,16H2,1H3,(H,27,28)/t17-,22+/m0/s1. The molecule has 0 aromatic heterocycles. The summed E-state index contributed by atoms with van der Waals surface area (Å²) < 4.78 is 48.6. The predicted molar refractivity (Wildman–Crippen MR) is 118 cm³/mol. The molecule has 0 amide bonds. The molecule has 2 aromatic rings. The van der Waals surface area contributed by atoms with Crippen LogP contribution in [0.15, 0.2) is 48.5 Å². The van der Waals surface area contributed by atoms with Gasteiger partial charge in [-0.25, -0.2) is 12.8 Å². The summed E-state index contributed by atoms with van der Waals surface area (Å²) in [5.41, 5.74) is 0.195. The van der Waals surface area contributed by atoms with E-state index in [-0.39, 0.29) is 31.0 Å². The van der Waals surface area contributed by atoms with Gasteiger partial charge in [-0.2, -0.15) is 4.31 Å². The van der Waals surface area contributed by atoms with Crippen LogP contribution in [0, 0.1) is 5.82 Å². The van der Waals surface area contributed by atoms with Crippen molar-refractivity contribution in [2.45, 2.75) is 55.9 Å². The Morgan fingerprint density at radius 1 is 1.16 bits per heavy atom. The number of halogens is 1. The normalized spacial score (nSPS) is 25.3. The topological polar surface area (TPSA) is 83.9 Å². The van der Waals surface area contributed by atoms with Crippen molar-refractivity contribution in [3.63, 3.8) is 0 Å². The summed E-state index contributed by atoms with van der Waals surface area (Å²) in [7, 11) is -3.68. The average molecular weight is 462 g/mol. The first-order valence-corrected chi connectivity index (χ1v) is 12.4. The molecule has 8 heteroatoms. The molecule has 2 atom stereocenters. The first-order chi connectivity index (χ1) is 15.3. The van der Waals surface area contributed by atoms with Gasteiger partial charge in [0, 0.05) is 31.4 Å². The summed E-state index contributed by atoms with van der Waals surface area (Å²) in [6, 6.07) is 13.3. The molecule has 0 spiro atoms. The maximum atomic E-state index is 15.1. The van der Waals surface area contributed by atoms with E-state index in [9.17, 15) is 18.3 Å². The lowest BCUT2D eigenvalue weighted by Gasteiger charge is -2.38. The third-order valence-electron chi connectivity index (χ3n) is 6.88. The molecule has 2 aromatic carbocycles. The van der Waals surface area contributed by atoms with Gasteiger partial charge in [0.05, 0.1) is 5.41 Å². The minimum Gasteiger partial charge on any atom is -0.481 e. The lowest BCUT2D eigenvalue weighted by Crippen LogP contribution is -2.45. The molecule has 2 aliphatic heterocycles. The van der Waals surface area contributed by atoms with Crippen molar-refractivity contribution >= 4 is 16.0 Å². The zero-order valence-electron chi connectivity index (χ0n) is 18.0. The predicted octanol–water partition coefficient (Wildman–Crippen LogP) is 4.01. The van der Waals surface area contributed by atoms with Gasteiger partial charge in [0.2, 0.25) is 10.0 Å². The summed E-state index contributed by atoms with van der Waals surface area (Å²) in [5.74, 6) is -1.58. The molecule has 0 saturated carbocycles. The number of nitrogens with zero attached hydrogens (tertiary/aromatic N) is 1. The molecule has 32 heavy (non-hydrogen) atoms. The van der Waals surface area contributed by atoms with E-state index in [1.54, 1.807) is 6.07 Å². The number of carboxylic acids is 1. The molecule has 2 fully saturated rings. The van der Waals surface area contributed by atoms with Gasteiger partial charge in [-0.05, 0) is 49.8 Å². The van der Waals surface area contributed by atoms with Gasteiger partial charge in [0.15, 0.2) is 0 Å². The van der Waals surface area contributed by atoms with Crippen LogP contribution in [0.4, 0.5) is 4.39 Å². The van der Waals surface area contributed by atoms with Gasteiger partial charge in [0.1, 0.15) is 11.1 Å². The zero-order valence-corrected chi connectivity index (χ0v) is 18.9. The molecular formula is C24H28FNO5S. The van der Waals surface area contributed by atoms with Crippen LogP contribution in [0.2, 0.25) is 0 Å². The number of aliphatic carboxylic acids is 1. The number of carboxylic acid groups (broad SMARTS) is 1. The van der Waals surface area contributed by atoms with Gasteiger partial charge in [-0.3, -0.25) is 4.79 Å². The van der Waals surface area contributed by atoms with Crippen LogP contribution in [-0.2, 0) is 31.5 Å². The number of hydrogen-bond acceptors (Lipinski definition) is 4. The highest BCUT2D eigenvalue weighted by molar-refractivity contribution is 7.89. The summed E-state index contributed by atoms with van der Waals surface area (Å²) in [6.07, 6.45) is 1.75. The Bertz CT molecular complexity index is 1080. The fourth-order valence-corrected chi connectivity index (χ4v) is 7.03. The lowest BCUT2D eigenvalue weighted by molar-refractivity contribution is -0.147. The van der Waals surface area contributed by atoms with Crippen LogP contribution in [0.25, 0.3) is 0 Å². The lowest BCUT2D eigenvalue weighted by atomic mass is 9.74. The first-order valence-electron chi connectivity index (χ1n) is 10.9. The van der Waals surface area contributed by atoms with E-state index in [4.69, 9.17) is 4.74 Å². The van der Waals surface area contributed by atoms with E-state index in [1.807, 2.05) is 37.3 Å². The Kier molecular flexibility index (Phi) is 6.38. The van der Waals surface area contributed by atoms with Gasteiger partial charge in [-0.15, -0.1) is 0 Å². The number of rotatable bonds is 5. The van der Waals surface area contributed by atoms with E-state index in [2.05, 4.69) is 0 Å². The third-order valence-corrected chi connectivity index (χ3v) is 9.25. The molecule has 0 bridgehead atoms. The minimum atomic E-state index is -3.68. The molecular weight excluding hydrogens is 433 g/mol. The third kappa shape index (κ3) is 4.07. The van der Waals surface area contributed by atoms with Crippen LogP contribution < -0.4 is 0 Å². The van der Waals surface area contributed by atoms with Crippen molar-refractivity contribution in [2.75, 3.05) is 13.2 Å². The monoisotopic (exact) mass is 461 g/mol. The largest absolute Gasteiger partial charge is 0.481 e. The Labute approximate surface area is 188 Å². The summed E-state index contributed by atoms with van der Waals surface area (Å²) in [6.45, 7) is 2.37. The summed E-state index contributed by atoms with van der Waals surface area (Å²) >= 11 is 0. The van der Waals surface area contributed by atoms with E-state index in [1.165, 1.54) is 16.4 Å². The number of carbonyl (C=O) groups is 1. The minimum absolute atomic E-state index is 0.0812. The number of benzene rings is 2. The summed E-state index contributed by atoms with van der Waals surface area (Å²) in [4.78, 5) is 12.0. The van der Waals surface area contributed by atoms with Crippen LogP contribution in [-0.4, -0.2) is 43.1 Å². The molecule has 2 heterocycles. The van der Waals surface area contributed by atoms with Crippen molar-refractivity contribution in [1.29, 1.82) is 0 Å². The number of hydrogen-bond donors (Lipinski definition) is 1. The second-order valence-electron chi connectivity index (χ2n) is 8.72. The highest BCUT2D eigenvalue weighted by Crippen LogP contribution is 2.39. The smallest absolute Gasteiger partial charge is 0.314 e. The van der Waals surface area contributed by atoms with E-state index in [0.29, 0.717) is 31.6 Å². The Balaban J connectivity index is 1.62. The van der Waals surface area contributed by atoms with E-state index in [0.717, 1.165) is 5.56 Å². The molecule has 1 N–H and O–H groups in total. The number of ether oxygens (including phenoxy) is 1. The van der Waals surface area contributed by atoms with Crippen molar-refractivity contribution in [3.8, 4) is 0 Å². The Morgan fingerprint density at radius 3 is 2.47 bits per heavy atom. The summed E-state index contributed by atoms with van der Waals surface area (Å²) in [5, 5.41) is 9.19. The molecule has 0 radical (unpaired) electrons. The van der Waals surface area contributed by atoms with Crippen LogP contribution >= 0.6 is 0 Å². The number of sulfonamides is 1. The van der Waals surface area contributed by atoms with Gasteiger partial charge in [0.25, 0.3) is 0 Å². The second kappa shape index (κ2) is 8.92. The van der Waals surface area contributed by atoms with Crippen LogP contribution in [0.5, 0.6) is 0 Å². The van der Waals surface area contributed by atoms with Crippen LogP contribution in [0.1, 0.15) is 54.5 Å². The second-order valence-corrected chi connectivity index (χ2v) is 10.8. The zero-order chi connectivity index (χ0) is 22.9. The molecule has 4 rings (SSSR count). The Hall–Kier alpha value is -2.29.